The molecule has 0 radical (unpaired) electrons. The molecular formula is C11H10FN3O2. The summed E-state index contributed by atoms with van der Waals surface area (Å²) >= 11 is 0. The fourth-order valence-corrected chi connectivity index (χ4v) is 2.09. The van der Waals surface area contributed by atoms with Crippen LogP contribution in [0.15, 0.2) is 15.7 Å². The van der Waals surface area contributed by atoms with Crippen LogP contribution in [0.2, 0.25) is 0 Å². The minimum atomic E-state index is -0.707. The Morgan fingerprint density at radius 2 is 2.18 bits per heavy atom. The number of hydrogen-bond acceptors (Lipinski definition) is 3. The Bertz CT molecular complexity index is 728. The number of halogens is 1. The molecule has 5 nitrogen and oxygen atoms in total. The second-order valence-electron chi connectivity index (χ2n) is 4.32. The van der Waals surface area contributed by atoms with Crippen LogP contribution >= 0.6 is 0 Å². The lowest BCUT2D eigenvalue weighted by Gasteiger charge is -2.09. The minimum Gasteiger partial charge on any atom is -0.288 e. The molecule has 17 heavy (non-hydrogen) atoms. The first-order valence-corrected chi connectivity index (χ1v) is 5.39. The summed E-state index contributed by atoms with van der Waals surface area (Å²) in [6.45, 7) is 1.67. The van der Waals surface area contributed by atoms with Gasteiger partial charge in [-0.05, 0) is 31.4 Å². The van der Waals surface area contributed by atoms with E-state index in [1.165, 1.54) is 10.6 Å². The first kappa shape index (κ1) is 10.2. The molecule has 2 aromatic rings. The van der Waals surface area contributed by atoms with Crippen LogP contribution in [0.3, 0.4) is 0 Å². The molecule has 0 aromatic carbocycles. The Morgan fingerprint density at radius 3 is 2.82 bits per heavy atom. The predicted octanol–water partition coefficient (Wildman–Crippen LogP) is 0.867. The number of pyridine rings is 1. The molecule has 0 unspecified atom stereocenters. The van der Waals surface area contributed by atoms with Gasteiger partial charge in [-0.1, -0.05) is 0 Å². The summed E-state index contributed by atoms with van der Waals surface area (Å²) in [4.78, 5) is 29.1. The van der Waals surface area contributed by atoms with E-state index >= 15 is 0 Å². The lowest BCUT2D eigenvalue weighted by Crippen LogP contribution is -2.31. The topological polar surface area (TPSA) is 67.8 Å². The van der Waals surface area contributed by atoms with E-state index in [9.17, 15) is 14.0 Å². The Balaban J connectivity index is 2.55. The van der Waals surface area contributed by atoms with Crippen molar-refractivity contribution < 1.29 is 4.39 Å². The van der Waals surface area contributed by atoms with E-state index in [0.29, 0.717) is 11.1 Å². The average Bonchev–Trinajstić information content (AvgIpc) is 3.03. The Labute approximate surface area is 94.9 Å². The van der Waals surface area contributed by atoms with Crippen molar-refractivity contribution in [2.24, 2.45) is 0 Å². The highest BCUT2D eigenvalue weighted by Gasteiger charge is 2.28. The standard InChI is InChI=1S/C11H10FN3O2/c1-5-4-7(12)13-8-9(5)15(6-2-3-6)11(17)14-10(8)16/h4,6H,2-3H2,1H3,(H,14,16,17). The van der Waals surface area contributed by atoms with Crippen molar-refractivity contribution in [3.63, 3.8) is 0 Å². The number of nitrogens with zero attached hydrogens (tertiary/aromatic N) is 2. The first-order valence-electron chi connectivity index (χ1n) is 5.39. The molecule has 0 saturated heterocycles. The minimum absolute atomic E-state index is 0.00556. The van der Waals surface area contributed by atoms with Crippen LogP contribution in [0.25, 0.3) is 11.0 Å². The van der Waals surface area contributed by atoms with E-state index in [2.05, 4.69) is 9.97 Å². The van der Waals surface area contributed by atoms with Gasteiger partial charge in [0.25, 0.3) is 5.56 Å². The molecule has 1 aliphatic rings. The highest BCUT2D eigenvalue weighted by atomic mass is 19.1. The van der Waals surface area contributed by atoms with Crippen LogP contribution < -0.4 is 11.2 Å². The van der Waals surface area contributed by atoms with Gasteiger partial charge in [-0.25, -0.2) is 9.78 Å². The molecular weight excluding hydrogens is 225 g/mol. The third-order valence-electron chi connectivity index (χ3n) is 2.96. The second-order valence-corrected chi connectivity index (χ2v) is 4.32. The number of aromatic amines is 1. The van der Waals surface area contributed by atoms with Crippen molar-refractivity contribution in [3.8, 4) is 0 Å². The molecule has 1 saturated carbocycles. The molecule has 0 amide bonds. The fraction of sp³-hybridized carbons (Fsp3) is 0.364. The van der Waals surface area contributed by atoms with Gasteiger partial charge < -0.3 is 0 Å². The van der Waals surface area contributed by atoms with Crippen LogP contribution in [-0.4, -0.2) is 14.5 Å². The summed E-state index contributed by atoms with van der Waals surface area (Å²) in [6, 6.07) is 1.34. The molecule has 0 bridgehead atoms. The number of aromatic nitrogens is 3. The van der Waals surface area contributed by atoms with Gasteiger partial charge in [-0.15, -0.1) is 0 Å². The number of rotatable bonds is 1. The first-order chi connectivity index (χ1) is 8.08. The van der Waals surface area contributed by atoms with Gasteiger partial charge in [0.05, 0.1) is 5.52 Å². The maximum atomic E-state index is 13.2. The van der Waals surface area contributed by atoms with E-state index in [4.69, 9.17) is 0 Å². The van der Waals surface area contributed by atoms with E-state index in [-0.39, 0.29) is 11.6 Å². The molecule has 0 spiro atoms. The van der Waals surface area contributed by atoms with Gasteiger partial charge in [-0.2, -0.15) is 4.39 Å². The molecule has 88 valence electrons. The van der Waals surface area contributed by atoms with Crippen LogP contribution in [0.5, 0.6) is 0 Å². The van der Waals surface area contributed by atoms with Crippen LogP contribution in [0.4, 0.5) is 4.39 Å². The summed E-state index contributed by atoms with van der Waals surface area (Å²) in [7, 11) is 0. The summed E-state index contributed by atoms with van der Waals surface area (Å²) in [6.07, 6.45) is 1.80. The highest BCUT2D eigenvalue weighted by Crippen LogP contribution is 2.35. The Morgan fingerprint density at radius 1 is 1.47 bits per heavy atom. The zero-order chi connectivity index (χ0) is 12.2. The third-order valence-corrected chi connectivity index (χ3v) is 2.96. The Hall–Kier alpha value is -1.98. The van der Waals surface area contributed by atoms with Gasteiger partial charge in [0, 0.05) is 6.04 Å². The maximum absolute atomic E-state index is 13.2. The normalized spacial score (nSPS) is 15.4. The van der Waals surface area contributed by atoms with Crippen molar-refractivity contribution >= 4 is 11.0 Å². The summed E-state index contributed by atoms with van der Waals surface area (Å²) in [5.74, 6) is -0.707. The van der Waals surface area contributed by atoms with Gasteiger partial charge >= 0.3 is 5.69 Å². The van der Waals surface area contributed by atoms with Gasteiger partial charge in [0.15, 0.2) is 5.52 Å². The van der Waals surface area contributed by atoms with E-state index in [1.54, 1.807) is 6.92 Å². The van der Waals surface area contributed by atoms with Crippen molar-refractivity contribution in [1.29, 1.82) is 0 Å². The zero-order valence-electron chi connectivity index (χ0n) is 9.16. The van der Waals surface area contributed by atoms with Crippen molar-refractivity contribution in [3.05, 3.63) is 38.4 Å². The number of aryl methyl sites for hydroxylation is 1. The van der Waals surface area contributed by atoms with Crippen LogP contribution in [0, 0.1) is 12.9 Å². The highest BCUT2D eigenvalue weighted by molar-refractivity contribution is 5.77. The molecule has 0 aliphatic heterocycles. The van der Waals surface area contributed by atoms with Crippen molar-refractivity contribution in [2.75, 3.05) is 0 Å². The monoisotopic (exact) mass is 235 g/mol. The molecule has 6 heteroatoms. The lowest BCUT2D eigenvalue weighted by atomic mass is 10.2. The average molecular weight is 235 g/mol. The third kappa shape index (κ3) is 1.48. The molecule has 3 rings (SSSR count). The molecule has 1 aliphatic carbocycles. The predicted molar refractivity (Wildman–Crippen MR) is 59.6 cm³/mol. The Kier molecular flexibility index (Phi) is 1.95. The van der Waals surface area contributed by atoms with Gasteiger partial charge in [0.1, 0.15) is 0 Å². The summed E-state index contributed by atoms with van der Waals surface area (Å²) in [5.41, 5.74) is -0.0785. The molecule has 2 heterocycles. The van der Waals surface area contributed by atoms with Crippen LogP contribution in [-0.2, 0) is 0 Å². The maximum Gasteiger partial charge on any atom is 0.329 e. The molecule has 2 aromatic heterocycles. The molecule has 1 N–H and O–H groups in total. The van der Waals surface area contributed by atoms with E-state index in [0.717, 1.165) is 12.8 Å². The number of H-pyrrole nitrogens is 1. The van der Waals surface area contributed by atoms with E-state index in [1.807, 2.05) is 0 Å². The summed E-state index contributed by atoms with van der Waals surface area (Å²) in [5, 5.41) is 0. The fourth-order valence-electron chi connectivity index (χ4n) is 2.09. The lowest BCUT2D eigenvalue weighted by molar-refractivity contribution is 0.585. The quantitative estimate of drug-likeness (QED) is 0.745. The smallest absolute Gasteiger partial charge is 0.288 e. The van der Waals surface area contributed by atoms with Gasteiger partial charge in [0.2, 0.25) is 5.95 Å². The van der Waals surface area contributed by atoms with E-state index < -0.39 is 17.2 Å². The zero-order valence-corrected chi connectivity index (χ0v) is 9.16. The van der Waals surface area contributed by atoms with Crippen molar-refractivity contribution in [2.45, 2.75) is 25.8 Å². The van der Waals surface area contributed by atoms with Gasteiger partial charge in [-0.3, -0.25) is 14.3 Å². The largest absolute Gasteiger partial charge is 0.329 e. The number of nitrogens with one attached hydrogen (secondary N) is 1. The molecule has 1 fully saturated rings. The number of hydrogen-bond donors (Lipinski definition) is 1. The van der Waals surface area contributed by atoms with Crippen LogP contribution in [0.1, 0.15) is 24.4 Å². The number of fused-ring (bicyclic) bond motifs is 1. The van der Waals surface area contributed by atoms with Crippen molar-refractivity contribution in [1.82, 2.24) is 14.5 Å². The molecule has 0 atom stereocenters. The second kappa shape index (κ2) is 3.26. The SMILES string of the molecule is Cc1cc(F)nc2c(=O)[nH]c(=O)n(C3CC3)c12. The summed E-state index contributed by atoms with van der Waals surface area (Å²) < 4.78 is 14.7.